The normalized spacial score (nSPS) is 10.9. The van der Waals surface area contributed by atoms with Crippen LogP contribution in [0.15, 0.2) is 108 Å². The highest BCUT2D eigenvalue weighted by Gasteiger charge is 2.09. The summed E-state index contributed by atoms with van der Waals surface area (Å²) < 4.78 is 16.5. The lowest BCUT2D eigenvalue weighted by atomic mass is 10.2. The Morgan fingerprint density at radius 3 is 2.31 bits per heavy atom. The molecule has 196 valence electrons. The minimum Gasteiger partial charge on any atom is -0.493 e. The van der Waals surface area contributed by atoms with E-state index in [9.17, 15) is 9.59 Å². The van der Waals surface area contributed by atoms with Gasteiger partial charge in [-0.2, -0.15) is 5.10 Å². The van der Waals surface area contributed by atoms with Crippen LogP contribution < -0.4 is 19.6 Å². The highest BCUT2D eigenvalue weighted by atomic mass is 16.6. The Morgan fingerprint density at radius 2 is 1.59 bits per heavy atom. The summed E-state index contributed by atoms with van der Waals surface area (Å²) in [5.41, 5.74) is 6.74. The van der Waals surface area contributed by atoms with Crippen LogP contribution in [-0.2, 0) is 11.4 Å². The summed E-state index contributed by atoms with van der Waals surface area (Å²) in [6, 6.07) is 29.3. The molecule has 0 aliphatic carbocycles. The van der Waals surface area contributed by atoms with Crippen LogP contribution in [-0.4, -0.2) is 25.2 Å². The molecule has 7 heteroatoms. The molecule has 0 saturated carbocycles. The molecule has 39 heavy (non-hydrogen) atoms. The average molecular weight is 521 g/mol. The number of esters is 1. The Bertz CT molecular complexity index is 1460. The zero-order valence-corrected chi connectivity index (χ0v) is 21.7. The van der Waals surface area contributed by atoms with Crippen LogP contribution in [0.2, 0.25) is 0 Å². The third kappa shape index (κ3) is 8.16. The lowest BCUT2D eigenvalue weighted by Gasteiger charge is -2.08. The Morgan fingerprint density at radius 1 is 0.846 bits per heavy atom. The molecule has 0 aliphatic rings. The molecule has 0 radical (unpaired) electrons. The van der Waals surface area contributed by atoms with Crippen molar-refractivity contribution < 1.29 is 23.8 Å². The van der Waals surface area contributed by atoms with Crippen molar-refractivity contribution in [3.8, 4) is 17.2 Å². The summed E-state index contributed by atoms with van der Waals surface area (Å²) in [6.07, 6.45) is 4.49. The van der Waals surface area contributed by atoms with Gasteiger partial charge in [0, 0.05) is 11.6 Å². The van der Waals surface area contributed by atoms with Gasteiger partial charge < -0.3 is 14.2 Å². The van der Waals surface area contributed by atoms with E-state index in [0.29, 0.717) is 29.2 Å². The van der Waals surface area contributed by atoms with E-state index in [-0.39, 0.29) is 11.7 Å². The first kappa shape index (κ1) is 26.9. The molecule has 1 N–H and O–H groups in total. The van der Waals surface area contributed by atoms with Crippen LogP contribution in [0.25, 0.3) is 6.08 Å². The molecular formula is C32H28N2O5. The first-order chi connectivity index (χ1) is 19.0. The number of aryl methyl sites for hydroxylation is 1. The summed E-state index contributed by atoms with van der Waals surface area (Å²) >= 11 is 0. The number of nitrogens with one attached hydrogen (secondary N) is 1. The van der Waals surface area contributed by atoms with Crippen molar-refractivity contribution in [2.24, 2.45) is 5.10 Å². The molecule has 4 aromatic carbocycles. The highest BCUT2D eigenvalue weighted by Crippen LogP contribution is 2.28. The minimum absolute atomic E-state index is 0.270. The molecule has 0 fully saturated rings. The summed E-state index contributed by atoms with van der Waals surface area (Å²) in [4.78, 5) is 24.7. The number of hydrogen-bond acceptors (Lipinski definition) is 6. The number of hydrogen-bond donors (Lipinski definition) is 1. The van der Waals surface area contributed by atoms with Crippen LogP contribution in [0, 0.1) is 6.92 Å². The lowest BCUT2D eigenvalue weighted by Crippen LogP contribution is -2.17. The topological polar surface area (TPSA) is 86.2 Å². The van der Waals surface area contributed by atoms with Crippen LogP contribution >= 0.6 is 0 Å². The molecule has 7 nitrogen and oxygen atoms in total. The van der Waals surface area contributed by atoms with Crippen molar-refractivity contribution in [2.75, 3.05) is 7.11 Å². The molecule has 4 aromatic rings. The standard InChI is InChI=1S/C32H28N2O5/c1-23-8-10-25(11-9-23)22-38-28-16-14-27(15-17-28)32(36)34-33-21-26-12-18-29(30(20-26)37-2)39-31(35)19-13-24-6-4-3-5-7-24/h3-21H,22H2,1-2H3,(H,34,36)/b19-13+,33-21+. The summed E-state index contributed by atoms with van der Waals surface area (Å²) in [5.74, 6) is 0.398. The molecule has 0 unspecified atom stereocenters. The van der Waals surface area contributed by atoms with E-state index < -0.39 is 5.97 Å². The van der Waals surface area contributed by atoms with Crippen molar-refractivity contribution >= 4 is 24.2 Å². The van der Waals surface area contributed by atoms with Crippen molar-refractivity contribution in [1.29, 1.82) is 0 Å². The van der Waals surface area contributed by atoms with Crippen LogP contribution in [0.5, 0.6) is 17.2 Å². The van der Waals surface area contributed by atoms with E-state index in [1.54, 1.807) is 48.5 Å². The Kier molecular flexibility index (Phi) is 9.23. The second-order valence-corrected chi connectivity index (χ2v) is 8.57. The van der Waals surface area contributed by atoms with E-state index in [1.165, 1.54) is 25.0 Å². The van der Waals surface area contributed by atoms with Gasteiger partial charge in [-0.1, -0.05) is 60.2 Å². The van der Waals surface area contributed by atoms with Gasteiger partial charge in [-0.05, 0) is 72.2 Å². The fraction of sp³-hybridized carbons (Fsp3) is 0.0938. The molecule has 1 amide bonds. The number of nitrogens with zero attached hydrogens (tertiary/aromatic N) is 1. The van der Waals surface area contributed by atoms with E-state index in [4.69, 9.17) is 14.2 Å². The Balaban J connectivity index is 1.29. The fourth-order valence-corrected chi connectivity index (χ4v) is 3.50. The molecule has 0 atom stereocenters. The maximum atomic E-state index is 12.5. The van der Waals surface area contributed by atoms with Crippen molar-refractivity contribution in [2.45, 2.75) is 13.5 Å². The van der Waals surface area contributed by atoms with Gasteiger partial charge in [-0.25, -0.2) is 10.2 Å². The van der Waals surface area contributed by atoms with Gasteiger partial charge in [0.25, 0.3) is 5.91 Å². The molecule has 0 saturated heterocycles. The second-order valence-electron chi connectivity index (χ2n) is 8.57. The molecule has 4 rings (SSSR count). The molecular weight excluding hydrogens is 492 g/mol. The summed E-state index contributed by atoms with van der Waals surface area (Å²) in [5, 5.41) is 4.02. The summed E-state index contributed by atoms with van der Waals surface area (Å²) in [6.45, 7) is 2.49. The molecule has 0 bridgehead atoms. The van der Waals surface area contributed by atoms with Crippen molar-refractivity contribution in [1.82, 2.24) is 5.43 Å². The zero-order valence-electron chi connectivity index (χ0n) is 21.7. The molecule has 0 heterocycles. The van der Waals surface area contributed by atoms with Gasteiger partial charge in [0.15, 0.2) is 11.5 Å². The quantitative estimate of drug-likeness (QED) is 0.0916. The van der Waals surface area contributed by atoms with Crippen LogP contribution in [0.3, 0.4) is 0 Å². The number of carbonyl (C=O) groups excluding carboxylic acids is 2. The first-order valence-electron chi connectivity index (χ1n) is 12.2. The highest BCUT2D eigenvalue weighted by molar-refractivity contribution is 5.95. The lowest BCUT2D eigenvalue weighted by molar-refractivity contribution is -0.129. The smallest absolute Gasteiger partial charge is 0.336 e. The van der Waals surface area contributed by atoms with E-state index in [1.807, 2.05) is 61.5 Å². The Labute approximate surface area is 227 Å². The van der Waals surface area contributed by atoms with E-state index in [0.717, 1.165) is 11.1 Å². The molecule has 0 spiro atoms. The number of methoxy groups -OCH3 is 1. The van der Waals surface area contributed by atoms with Gasteiger partial charge in [0.1, 0.15) is 12.4 Å². The van der Waals surface area contributed by atoms with E-state index >= 15 is 0 Å². The number of benzene rings is 4. The minimum atomic E-state index is -0.530. The van der Waals surface area contributed by atoms with Gasteiger partial charge in [0.05, 0.1) is 13.3 Å². The van der Waals surface area contributed by atoms with Gasteiger partial charge >= 0.3 is 5.97 Å². The van der Waals surface area contributed by atoms with Gasteiger partial charge in [-0.3, -0.25) is 4.79 Å². The maximum absolute atomic E-state index is 12.5. The summed E-state index contributed by atoms with van der Waals surface area (Å²) in [7, 11) is 1.48. The average Bonchev–Trinajstić information content (AvgIpc) is 2.97. The zero-order chi connectivity index (χ0) is 27.5. The third-order valence-electron chi connectivity index (χ3n) is 5.63. The monoisotopic (exact) mass is 520 g/mol. The van der Waals surface area contributed by atoms with Crippen LogP contribution in [0.1, 0.15) is 32.6 Å². The third-order valence-corrected chi connectivity index (χ3v) is 5.63. The SMILES string of the molecule is COc1cc(/C=N/NC(=O)c2ccc(OCc3ccc(C)cc3)cc2)ccc1OC(=O)/C=C/c1ccccc1. The van der Waals surface area contributed by atoms with Gasteiger partial charge in [0.2, 0.25) is 0 Å². The predicted molar refractivity (Wildman–Crippen MR) is 151 cm³/mol. The number of hydrazone groups is 1. The van der Waals surface area contributed by atoms with Crippen molar-refractivity contribution in [3.05, 3.63) is 131 Å². The van der Waals surface area contributed by atoms with Gasteiger partial charge in [-0.15, -0.1) is 0 Å². The first-order valence-corrected chi connectivity index (χ1v) is 12.2. The Hall–Kier alpha value is -5.17. The van der Waals surface area contributed by atoms with Crippen LogP contribution in [0.4, 0.5) is 0 Å². The fourth-order valence-electron chi connectivity index (χ4n) is 3.50. The van der Waals surface area contributed by atoms with E-state index in [2.05, 4.69) is 10.5 Å². The number of amides is 1. The second kappa shape index (κ2) is 13.4. The maximum Gasteiger partial charge on any atom is 0.336 e. The largest absolute Gasteiger partial charge is 0.493 e. The molecule has 0 aromatic heterocycles. The van der Waals surface area contributed by atoms with Crippen molar-refractivity contribution in [3.63, 3.8) is 0 Å². The predicted octanol–water partition coefficient (Wildman–Crippen LogP) is 5.97. The number of rotatable bonds is 10. The number of carbonyl (C=O) groups is 2. The molecule has 0 aliphatic heterocycles. The number of ether oxygens (including phenoxy) is 3.